The van der Waals surface area contributed by atoms with Crippen molar-refractivity contribution in [2.24, 2.45) is 4.99 Å². The number of halogens is 1. The maximum absolute atomic E-state index is 12.4. The second kappa shape index (κ2) is 8.13. The third kappa shape index (κ3) is 3.89. The summed E-state index contributed by atoms with van der Waals surface area (Å²) in [7, 11) is 0. The SMILES string of the molecule is Cc1nn(Cc2ccccc2Cl)c(C)c1/C=C1\SC(N2CCCCC2)=NC1=O. The number of likely N-dealkylation sites (tertiary alicyclic amines) is 1. The fourth-order valence-electron chi connectivity index (χ4n) is 3.61. The minimum Gasteiger partial charge on any atom is -0.351 e. The molecule has 1 saturated heterocycles. The summed E-state index contributed by atoms with van der Waals surface area (Å²) < 4.78 is 1.94. The topological polar surface area (TPSA) is 50.5 Å². The largest absolute Gasteiger partial charge is 0.351 e. The number of hydrogen-bond acceptors (Lipinski definition) is 4. The number of piperidine rings is 1. The van der Waals surface area contributed by atoms with Crippen molar-refractivity contribution in [2.75, 3.05) is 13.1 Å². The van der Waals surface area contributed by atoms with Crippen LogP contribution >= 0.6 is 23.4 Å². The number of nitrogens with zero attached hydrogens (tertiary/aromatic N) is 4. The molecular formula is C21H23ClN4OS. The molecule has 28 heavy (non-hydrogen) atoms. The fourth-order valence-corrected chi connectivity index (χ4v) is 4.75. The smallest absolute Gasteiger partial charge is 0.286 e. The van der Waals surface area contributed by atoms with E-state index >= 15 is 0 Å². The number of thioether (sulfide) groups is 1. The van der Waals surface area contributed by atoms with E-state index in [0.29, 0.717) is 11.4 Å². The normalized spacial score (nSPS) is 18.8. The number of hydrogen-bond donors (Lipinski definition) is 0. The van der Waals surface area contributed by atoms with Crippen molar-refractivity contribution in [3.05, 3.63) is 56.7 Å². The lowest BCUT2D eigenvalue weighted by molar-refractivity contribution is -0.113. The minimum atomic E-state index is -0.150. The van der Waals surface area contributed by atoms with Crippen LogP contribution in [0, 0.1) is 13.8 Å². The summed E-state index contributed by atoms with van der Waals surface area (Å²) in [6.45, 7) is 6.57. The Labute approximate surface area is 174 Å². The van der Waals surface area contributed by atoms with E-state index in [9.17, 15) is 4.79 Å². The van der Waals surface area contributed by atoms with Crippen molar-refractivity contribution < 1.29 is 4.79 Å². The molecular weight excluding hydrogens is 392 g/mol. The maximum atomic E-state index is 12.4. The Kier molecular flexibility index (Phi) is 5.60. The Morgan fingerprint density at radius 2 is 1.93 bits per heavy atom. The molecule has 146 valence electrons. The highest BCUT2D eigenvalue weighted by atomic mass is 35.5. The molecule has 0 unspecified atom stereocenters. The molecule has 0 atom stereocenters. The summed E-state index contributed by atoms with van der Waals surface area (Å²) in [5.41, 5.74) is 3.93. The van der Waals surface area contributed by atoms with E-state index in [1.165, 1.54) is 31.0 Å². The van der Waals surface area contributed by atoms with Crippen LogP contribution in [0.3, 0.4) is 0 Å². The lowest BCUT2D eigenvalue weighted by Gasteiger charge is -2.27. The zero-order valence-electron chi connectivity index (χ0n) is 16.1. The molecule has 1 aromatic heterocycles. The van der Waals surface area contributed by atoms with Crippen LogP contribution in [0.1, 0.15) is 41.8 Å². The molecule has 0 spiro atoms. The molecule has 2 aliphatic heterocycles. The van der Waals surface area contributed by atoms with Crippen molar-refractivity contribution in [2.45, 2.75) is 39.7 Å². The number of carbonyl (C=O) groups is 1. The molecule has 3 heterocycles. The highest BCUT2D eigenvalue weighted by Crippen LogP contribution is 2.32. The lowest BCUT2D eigenvalue weighted by Crippen LogP contribution is -2.33. The molecule has 1 aromatic carbocycles. The van der Waals surface area contributed by atoms with Gasteiger partial charge in [0.05, 0.1) is 17.1 Å². The Balaban J connectivity index is 1.56. The maximum Gasteiger partial charge on any atom is 0.286 e. The van der Waals surface area contributed by atoms with Gasteiger partial charge in [-0.05, 0) is 62.6 Å². The first-order valence-electron chi connectivity index (χ1n) is 9.58. The zero-order chi connectivity index (χ0) is 19.7. The van der Waals surface area contributed by atoms with Gasteiger partial charge in [-0.25, -0.2) is 0 Å². The molecule has 0 saturated carbocycles. The van der Waals surface area contributed by atoms with Gasteiger partial charge in [-0.2, -0.15) is 10.1 Å². The second-order valence-corrected chi connectivity index (χ2v) is 8.61. The lowest BCUT2D eigenvalue weighted by atomic mass is 10.1. The molecule has 5 nitrogen and oxygen atoms in total. The molecule has 0 aliphatic carbocycles. The first-order chi connectivity index (χ1) is 13.5. The van der Waals surface area contributed by atoms with E-state index in [-0.39, 0.29) is 5.91 Å². The molecule has 0 N–H and O–H groups in total. The highest BCUT2D eigenvalue weighted by Gasteiger charge is 2.27. The van der Waals surface area contributed by atoms with Crippen molar-refractivity contribution in [3.63, 3.8) is 0 Å². The van der Waals surface area contributed by atoms with E-state index in [0.717, 1.165) is 45.8 Å². The number of aliphatic imine (C=N–C) groups is 1. The highest BCUT2D eigenvalue weighted by molar-refractivity contribution is 8.18. The van der Waals surface area contributed by atoms with Crippen LogP contribution in [-0.2, 0) is 11.3 Å². The summed E-state index contributed by atoms with van der Waals surface area (Å²) in [6, 6.07) is 7.79. The third-order valence-corrected chi connectivity index (χ3v) is 6.64. The number of rotatable bonds is 3. The molecule has 2 aromatic rings. The third-order valence-electron chi connectivity index (χ3n) is 5.23. The summed E-state index contributed by atoms with van der Waals surface area (Å²) >= 11 is 7.78. The number of aryl methyl sites for hydroxylation is 1. The molecule has 0 radical (unpaired) electrons. The molecule has 1 amide bonds. The summed E-state index contributed by atoms with van der Waals surface area (Å²) in [4.78, 5) is 19.6. The first kappa shape index (κ1) is 19.3. The Morgan fingerprint density at radius 3 is 2.68 bits per heavy atom. The van der Waals surface area contributed by atoms with Gasteiger partial charge in [-0.1, -0.05) is 29.8 Å². The van der Waals surface area contributed by atoms with Crippen molar-refractivity contribution in [1.29, 1.82) is 0 Å². The van der Waals surface area contributed by atoms with Crippen LogP contribution in [0.15, 0.2) is 34.2 Å². The standard InChI is InChI=1S/C21H23ClN4OS/c1-14-17(15(2)26(24-14)13-16-8-4-5-9-18(16)22)12-19-20(27)23-21(28-19)25-10-6-3-7-11-25/h4-5,8-9,12H,3,6-7,10-11,13H2,1-2H3/b19-12-. The van der Waals surface area contributed by atoms with Gasteiger partial charge in [-0.3, -0.25) is 9.48 Å². The Hall–Kier alpha value is -2.05. The van der Waals surface area contributed by atoms with Crippen molar-refractivity contribution >= 4 is 40.5 Å². The molecule has 0 bridgehead atoms. The fraction of sp³-hybridized carbons (Fsp3) is 0.381. The van der Waals surface area contributed by atoms with Crippen molar-refractivity contribution in [3.8, 4) is 0 Å². The summed E-state index contributed by atoms with van der Waals surface area (Å²) in [5.74, 6) is -0.150. The van der Waals surface area contributed by atoms with Gasteiger partial charge in [0, 0.05) is 29.4 Å². The summed E-state index contributed by atoms with van der Waals surface area (Å²) in [5, 5.41) is 6.24. The number of amidine groups is 1. The predicted octanol–water partition coefficient (Wildman–Crippen LogP) is 4.66. The number of aromatic nitrogens is 2. The average molecular weight is 415 g/mol. The molecule has 2 aliphatic rings. The minimum absolute atomic E-state index is 0.150. The number of amides is 1. The van der Waals surface area contributed by atoms with Crippen LogP contribution in [0.25, 0.3) is 6.08 Å². The van der Waals surface area contributed by atoms with Gasteiger partial charge in [0.25, 0.3) is 5.91 Å². The van der Waals surface area contributed by atoms with Crippen LogP contribution in [-0.4, -0.2) is 38.8 Å². The van der Waals surface area contributed by atoms with Crippen LogP contribution in [0.2, 0.25) is 5.02 Å². The molecule has 4 rings (SSSR count). The van der Waals surface area contributed by atoms with E-state index < -0.39 is 0 Å². The first-order valence-corrected chi connectivity index (χ1v) is 10.8. The molecule has 1 fully saturated rings. The average Bonchev–Trinajstić information content (AvgIpc) is 3.19. The quantitative estimate of drug-likeness (QED) is 0.685. The zero-order valence-corrected chi connectivity index (χ0v) is 17.7. The Morgan fingerprint density at radius 1 is 1.18 bits per heavy atom. The van der Waals surface area contributed by atoms with Crippen LogP contribution < -0.4 is 0 Å². The van der Waals surface area contributed by atoms with Crippen LogP contribution in [0.4, 0.5) is 0 Å². The van der Waals surface area contributed by atoms with E-state index in [2.05, 4.69) is 15.0 Å². The van der Waals surface area contributed by atoms with E-state index in [4.69, 9.17) is 11.6 Å². The van der Waals surface area contributed by atoms with Crippen molar-refractivity contribution in [1.82, 2.24) is 14.7 Å². The van der Waals surface area contributed by atoms with Gasteiger partial charge in [-0.15, -0.1) is 0 Å². The number of carbonyl (C=O) groups excluding carboxylic acids is 1. The van der Waals surface area contributed by atoms with E-state index in [1.807, 2.05) is 48.9 Å². The summed E-state index contributed by atoms with van der Waals surface area (Å²) in [6.07, 6.45) is 5.53. The van der Waals surface area contributed by atoms with Gasteiger partial charge in [0.2, 0.25) is 0 Å². The van der Waals surface area contributed by atoms with Gasteiger partial charge in [0.15, 0.2) is 5.17 Å². The Bertz CT molecular complexity index is 973. The number of benzene rings is 1. The molecule has 7 heteroatoms. The van der Waals surface area contributed by atoms with E-state index in [1.54, 1.807) is 0 Å². The van der Waals surface area contributed by atoms with Crippen LogP contribution in [0.5, 0.6) is 0 Å². The predicted molar refractivity (Wildman–Crippen MR) is 116 cm³/mol. The van der Waals surface area contributed by atoms with Gasteiger partial charge in [0.1, 0.15) is 0 Å². The second-order valence-electron chi connectivity index (χ2n) is 7.19. The monoisotopic (exact) mass is 414 g/mol. The van der Waals surface area contributed by atoms with Gasteiger partial charge < -0.3 is 4.90 Å². The van der Waals surface area contributed by atoms with Gasteiger partial charge >= 0.3 is 0 Å².